The van der Waals surface area contributed by atoms with Crippen molar-refractivity contribution >= 4 is 45.8 Å². The Bertz CT molecular complexity index is 1220. The van der Waals surface area contributed by atoms with Gasteiger partial charge in [-0.2, -0.15) is 5.26 Å². The SMILES string of the molecule is N#Cc1c(/N=C/c2ccc(Cl)c(Cl)c2)sc(-c2ccccc2)c1-c1ccccc1. The van der Waals surface area contributed by atoms with Crippen molar-refractivity contribution < 1.29 is 0 Å². The zero-order valence-electron chi connectivity index (χ0n) is 15.1. The van der Waals surface area contributed by atoms with E-state index in [1.54, 1.807) is 18.3 Å². The lowest BCUT2D eigenvalue weighted by molar-refractivity contribution is 1.48. The average Bonchev–Trinajstić information content (AvgIpc) is 3.14. The van der Waals surface area contributed by atoms with E-state index < -0.39 is 0 Å². The molecule has 0 amide bonds. The Balaban J connectivity index is 1.87. The summed E-state index contributed by atoms with van der Waals surface area (Å²) >= 11 is 13.6. The molecule has 0 atom stereocenters. The number of nitrogens with zero attached hydrogens (tertiary/aromatic N) is 2. The van der Waals surface area contributed by atoms with Crippen molar-refractivity contribution in [3.63, 3.8) is 0 Å². The number of hydrogen-bond donors (Lipinski definition) is 0. The lowest BCUT2D eigenvalue weighted by atomic mass is 9.99. The van der Waals surface area contributed by atoms with Gasteiger partial charge in [0.2, 0.25) is 0 Å². The summed E-state index contributed by atoms with van der Waals surface area (Å²) in [5.41, 5.74) is 4.35. The van der Waals surface area contributed by atoms with E-state index in [9.17, 15) is 5.26 Å². The van der Waals surface area contributed by atoms with Gasteiger partial charge in [-0.25, -0.2) is 4.99 Å². The summed E-state index contributed by atoms with van der Waals surface area (Å²) < 4.78 is 0. The summed E-state index contributed by atoms with van der Waals surface area (Å²) in [6, 6.07) is 27.7. The first-order chi connectivity index (χ1) is 14.2. The molecule has 3 aromatic carbocycles. The third kappa shape index (κ3) is 4.11. The zero-order valence-corrected chi connectivity index (χ0v) is 17.5. The Morgan fingerprint density at radius 3 is 2.10 bits per heavy atom. The summed E-state index contributed by atoms with van der Waals surface area (Å²) in [6.07, 6.45) is 1.71. The highest BCUT2D eigenvalue weighted by Crippen LogP contribution is 2.46. The van der Waals surface area contributed by atoms with Crippen molar-refractivity contribution in [2.75, 3.05) is 0 Å². The highest BCUT2D eigenvalue weighted by atomic mass is 35.5. The van der Waals surface area contributed by atoms with Crippen LogP contribution in [-0.4, -0.2) is 6.21 Å². The summed E-state index contributed by atoms with van der Waals surface area (Å²) in [7, 11) is 0. The Kier molecular flexibility index (Phi) is 5.78. The van der Waals surface area contributed by atoms with Crippen molar-refractivity contribution in [3.8, 4) is 27.6 Å². The fraction of sp³-hybridized carbons (Fsp3) is 0. The van der Waals surface area contributed by atoms with Gasteiger partial charge in [0, 0.05) is 16.7 Å². The van der Waals surface area contributed by atoms with Crippen LogP contribution in [0.1, 0.15) is 11.1 Å². The molecule has 4 rings (SSSR count). The molecule has 0 unspecified atom stereocenters. The van der Waals surface area contributed by atoms with Crippen LogP contribution in [0.25, 0.3) is 21.6 Å². The number of benzene rings is 3. The molecule has 0 spiro atoms. The molecule has 0 aliphatic rings. The molecule has 0 aliphatic carbocycles. The van der Waals surface area contributed by atoms with E-state index in [4.69, 9.17) is 23.2 Å². The quantitative estimate of drug-likeness (QED) is 0.300. The molecule has 0 saturated heterocycles. The van der Waals surface area contributed by atoms with Crippen molar-refractivity contribution in [2.24, 2.45) is 4.99 Å². The van der Waals surface area contributed by atoms with Gasteiger partial charge in [-0.05, 0) is 28.8 Å². The first kappa shape index (κ1) is 19.4. The Labute approximate surface area is 183 Å². The predicted octanol–water partition coefficient (Wildman–Crippen LogP) is 8.01. The second kappa shape index (κ2) is 8.63. The molecule has 1 aromatic heterocycles. The molecule has 0 fully saturated rings. The van der Waals surface area contributed by atoms with Crippen LogP contribution in [0.3, 0.4) is 0 Å². The van der Waals surface area contributed by atoms with Crippen molar-refractivity contribution in [3.05, 3.63) is 100 Å². The van der Waals surface area contributed by atoms with Crippen molar-refractivity contribution in [1.82, 2.24) is 0 Å². The minimum absolute atomic E-state index is 0.470. The van der Waals surface area contributed by atoms with Gasteiger partial charge in [-0.1, -0.05) is 89.9 Å². The maximum Gasteiger partial charge on any atom is 0.135 e. The molecular formula is C24H14Cl2N2S. The monoisotopic (exact) mass is 432 g/mol. The van der Waals surface area contributed by atoms with Gasteiger partial charge in [-0.3, -0.25) is 0 Å². The molecule has 0 radical (unpaired) electrons. The fourth-order valence-corrected chi connectivity index (χ4v) is 4.44. The van der Waals surface area contributed by atoms with E-state index in [1.807, 2.05) is 66.7 Å². The van der Waals surface area contributed by atoms with E-state index in [0.717, 1.165) is 27.1 Å². The molecule has 4 aromatic rings. The Morgan fingerprint density at radius 1 is 0.828 bits per heavy atom. The van der Waals surface area contributed by atoms with Crippen LogP contribution in [0.5, 0.6) is 0 Å². The van der Waals surface area contributed by atoms with Gasteiger partial charge >= 0.3 is 0 Å². The maximum atomic E-state index is 9.94. The van der Waals surface area contributed by atoms with Crippen LogP contribution < -0.4 is 0 Å². The summed E-state index contributed by atoms with van der Waals surface area (Å²) in [5.74, 6) is 0. The van der Waals surface area contributed by atoms with Crippen LogP contribution in [0.15, 0.2) is 83.9 Å². The smallest absolute Gasteiger partial charge is 0.135 e. The van der Waals surface area contributed by atoms with E-state index in [-0.39, 0.29) is 0 Å². The number of hydrogen-bond acceptors (Lipinski definition) is 3. The topological polar surface area (TPSA) is 36.1 Å². The third-order valence-electron chi connectivity index (χ3n) is 4.37. The van der Waals surface area contributed by atoms with Gasteiger partial charge in [0.05, 0.1) is 15.6 Å². The number of halogens is 2. The molecule has 0 N–H and O–H groups in total. The van der Waals surface area contributed by atoms with E-state index in [1.165, 1.54) is 11.3 Å². The molecule has 5 heteroatoms. The van der Waals surface area contributed by atoms with E-state index >= 15 is 0 Å². The molecular weight excluding hydrogens is 419 g/mol. The third-order valence-corrected chi connectivity index (χ3v) is 6.26. The molecule has 0 bridgehead atoms. The molecule has 29 heavy (non-hydrogen) atoms. The van der Waals surface area contributed by atoms with E-state index in [2.05, 4.69) is 11.1 Å². The van der Waals surface area contributed by atoms with Crippen molar-refractivity contribution in [1.29, 1.82) is 5.26 Å². The summed E-state index contributed by atoms with van der Waals surface area (Å²) in [6.45, 7) is 0. The van der Waals surface area contributed by atoms with Crippen LogP contribution >= 0.6 is 34.5 Å². The second-order valence-corrected chi connectivity index (χ2v) is 8.08. The molecule has 2 nitrogen and oxygen atoms in total. The number of thiophene rings is 1. The highest BCUT2D eigenvalue weighted by Gasteiger charge is 2.20. The lowest BCUT2D eigenvalue weighted by Crippen LogP contribution is -1.83. The van der Waals surface area contributed by atoms with Crippen LogP contribution in [0.4, 0.5) is 5.00 Å². The second-order valence-electron chi connectivity index (χ2n) is 6.26. The molecule has 1 heterocycles. The number of rotatable bonds is 4. The molecule has 0 aliphatic heterocycles. The lowest BCUT2D eigenvalue weighted by Gasteiger charge is -2.05. The summed E-state index contributed by atoms with van der Waals surface area (Å²) in [5, 5.41) is 11.6. The predicted molar refractivity (Wildman–Crippen MR) is 124 cm³/mol. The van der Waals surface area contributed by atoms with Crippen LogP contribution in [0.2, 0.25) is 10.0 Å². The average molecular weight is 433 g/mol. The molecule has 140 valence electrons. The summed E-state index contributed by atoms with van der Waals surface area (Å²) in [4.78, 5) is 5.64. The number of aliphatic imine (C=N–C) groups is 1. The maximum absolute atomic E-state index is 9.94. The van der Waals surface area contributed by atoms with Gasteiger partial charge in [0.15, 0.2) is 0 Å². The first-order valence-electron chi connectivity index (χ1n) is 8.84. The van der Waals surface area contributed by atoms with Crippen LogP contribution in [-0.2, 0) is 0 Å². The van der Waals surface area contributed by atoms with Gasteiger partial charge in [0.1, 0.15) is 11.1 Å². The van der Waals surface area contributed by atoms with Gasteiger partial charge < -0.3 is 0 Å². The minimum Gasteiger partial charge on any atom is -0.244 e. The van der Waals surface area contributed by atoms with Crippen molar-refractivity contribution in [2.45, 2.75) is 0 Å². The van der Waals surface area contributed by atoms with Crippen LogP contribution in [0, 0.1) is 11.3 Å². The number of nitriles is 1. The van der Waals surface area contributed by atoms with Gasteiger partial charge in [0.25, 0.3) is 0 Å². The largest absolute Gasteiger partial charge is 0.244 e. The normalized spacial score (nSPS) is 10.9. The van der Waals surface area contributed by atoms with Gasteiger partial charge in [-0.15, -0.1) is 11.3 Å². The highest BCUT2D eigenvalue weighted by molar-refractivity contribution is 7.20. The minimum atomic E-state index is 0.470. The fourth-order valence-electron chi connectivity index (χ4n) is 3.01. The molecule has 0 saturated carbocycles. The first-order valence-corrected chi connectivity index (χ1v) is 10.4. The Morgan fingerprint density at radius 2 is 1.48 bits per heavy atom. The zero-order chi connectivity index (χ0) is 20.2. The standard InChI is InChI=1S/C24H14Cl2N2S/c25-20-12-11-16(13-21(20)26)15-28-24-19(14-27)22(17-7-3-1-4-8-17)23(29-24)18-9-5-2-6-10-18/h1-13,15H/b28-15+. The Hall–Kier alpha value is -2.90. The van der Waals surface area contributed by atoms with E-state index in [0.29, 0.717) is 20.6 Å².